The van der Waals surface area contributed by atoms with Crippen molar-refractivity contribution < 1.29 is 28.6 Å². The van der Waals surface area contributed by atoms with Crippen LogP contribution in [0.4, 0.5) is 5.69 Å². The molecule has 8 nitrogen and oxygen atoms in total. The van der Waals surface area contributed by atoms with Gasteiger partial charge in [0.25, 0.3) is 0 Å². The summed E-state index contributed by atoms with van der Waals surface area (Å²) in [6, 6.07) is 4.20. The van der Waals surface area contributed by atoms with E-state index < -0.39 is 23.8 Å². The SMILES string of the molecule is COC(=O)C[C@H](C)NC(=O)C(=O)Nc1cc(OC)cc(OC)c1. The van der Waals surface area contributed by atoms with Gasteiger partial charge in [0.05, 0.1) is 27.8 Å². The molecule has 126 valence electrons. The zero-order valence-electron chi connectivity index (χ0n) is 13.5. The summed E-state index contributed by atoms with van der Waals surface area (Å²) in [4.78, 5) is 34.8. The zero-order chi connectivity index (χ0) is 17.4. The molecule has 0 radical (unpaired) electrons. The first-order valence-corrected chi connectivity index (χ1v) is 6.81. The highest BCUT2D eigenvalue weighted by atomic mass is 16.5. The number of amides is 2. The highest BCUT2D eigenvalue weighted by molar-refractivity contribution is 6.39. The minimum atomic E-state index is -0.864. The van der Waals surface area contributed by atoms with Crippen molar-refractivity contribution in [1.29, 1.82) is 0 Å². The Hall–Kier alpha value is -2.77. The molecule has 1 atom stereocenters. The quantitative estimate of drug-likeness (QED) is 0.590. The Morgan fingerprint density at radius 3 is 2.04 bits per heavy atom. The maximum atomic E-state index is 11.9. The van der Waals surface area contributed by atoms with Gasteiger partial charge >= 0.3 is 17.8 Å². The third-order valence-electron chi connectivity index (χ3n) is 2.89. The predicted molar refractivity (Wildman–Crippen MR) is 82.4 cm³/mol. The molecular weight excluding hydrogens is 304 g/mol. The summed E-state index contributed by atoms with van der Waals surface area (Å²) >= 11 is 0. The average molecular weight is 324 g/mol. The molecular formula is C15H20N2O6. The van der Waals surface area contributed by atoms with Crippen LogP contribution in [0.2, 0.25) is 0 Å². The molecule has 2 N–H and O–H groups in total. The molecule has 0 fully saturated rings. The molecule has 0 unspecified atom stereocenters. The summed E-state index contributed by atoms with van der Waals surface area (Å²) in [7, 11) is 4.20. The first-order chi connectivity index (χ1) is 10.9. The van der Waals surface area contributed by atoms with Gasteiger partial charge in [0.15, 0.2) is 0 Å². The number of methoxy groups -OCH3 is 3. The summed E-state index contributed by atoms with van der Waals surface area (Å²) in [6.45, 7) is 1.59. The van der Waals surface area contributed by atoms with Crippen molar-refractivity contribution in [3.05, 3.63) is 18.2 Å². The first-order valence-electron chi connectivity index (χ1n) is 6.81. The Morgan fingerprint density at radius 1 is 1.00 bits per heavy atom. The molecule has 2 amide bonds. The van der Waals surface area contributed by atoms with Crippen LogP contribution < -0.4 is 20.1 Å². The van der Waals surface area contributed by atoms with Gasteiger partial charge in [-0.05, 0) is 6.92 Å². The van der Waals surface area contributed by atoms with E-state index in [1.54, 1.807) is 25.1 Å². The van der Waals surface area contributed by atoms with E-state index in [2.05, 4.69) is 15.4 Å². The maximum absolute atomic E-state index is 11.9. The van der Waals surface area contributed by atoms with Crippen LogP contribution in [0.5, 0.6) is 11.5 Å². The number of hydrogen-bond acceptors (Lipinski definition) is 6. The highest BCUT2D eigenvalue weighted by Gasteiger charge is 2.18. The van der Waals surface area contributed by atoms with Crippen molar-refractivity contribution in [1.82, 2.24) is 5.32 Å². The molecule has 1 rings (SSSR count). The van der Waals surface area contributed by atoms with Crippen LogP contribution in [0.25, 0.3) is 0 Å². The highest BCUT2D eigenvalue weighted by Crippen LogP contribution is 2.25. The van der Waals surface area contributed by atoms with Gasteiger partial charge in [-0.2, -0.15) is 0 Å². The number of carbonyl (C=O) groups excluding carboxylic acids is 3. The molecule has 0 bridgehead atoms. The van der Waals surface area contributed by atoms with E-state index in [1.165, 1.54) is 21.3 Å². The van der Waals surface area contributed by atoms with Crippen molar-refractivity contribution in [2.45, 2.75) is 19.4 Å². The van der Waals surface area contributed by atoms with Gasteiger partial charge < -0.3 is 24.8 Å². The molecule has 1 aromatic rings. The van der Waals surface area contributed by atoms with E-state index >= 15 is 0 Å². The smallest absolute Gasteiger partial charge is 0.313 e. The summed E-state index contributed by atoms with van der Waals surface area (Å²) < 4.78 is 14.6. The fourth-order valence-electron chi connectivity index (χ4n) is 1.74. The summed E-state index contributed by atoms with van der Waals surface area (Å²) in [5.41, 5.74) is 0.349. The lowest BCUT2D eigenvalue weighted by Crippen LogP contribution is -2.41. The Morgan fingerprint density at radius 2 is 1.57 bits per heavy atom. The molecule has 0 aliphatic rings. The number of anilines is 1. The molecule has 0 saturated heterocycles. The summed E-state index contributed by atoms with van der Waals surface area (Å²) in [5, 5.41) is 4.84. The van der Waals surface area contributed by atoms with Gasteiger partial charge in [0.1, 0.15) is 11.5 Å². The second kappa shape index (κ2) is 8.62. The minimum Gasteiger partial charge on any atom is -0.497 e. The summed E-state index contributed by atoms with van der Waals surface area (Å²) in [5.74, 6) is -1.26. The molecule has 0 spiro atoms. The van der Waals surface area contributed by atoms with E-state index in [9.17, 15) is 14.4 Å². The normalized spacial score (nSPS) is 11.1. The van der Waals surface area contributed by atoms with E-state index in [0.717, 1.165) is 0 Å². The number of carbonyl (C=O) groups is 3. The van der Waals surface area contributed by atoms with Gasteiger partial charge in [-0.15, -0.1) is 0 Å². The second-order valence-corrected chi connectivity index (χ2v) is 4.71. The molecule has 1 aromatic carbocycles. The molecule has 0 saturated carbocycles. The fraction of sp³-hybridized carbons (Fsp3) is 0.400. The van der Waals surface area contributed by atoms with Crippen molar-refractivity contribution >= 4 is 23.5 Å². The van der Waals surface area contributed by atoms with Gasteiger partial charge in [-0.1, -0.05) is 0 Å². The first kappa shape index (κ1) is 18.3. The van der Waals surface area contributed by atoms with Gasteiger partial charge in [0.2, 0.25) is 0 Å². The molecule has 0 aromatic heterocycles. The predicted octanol–water partition coefficient (Wildman–Crippen LogP) is 0.710. The van der Waals surface area contributed by atoms with Crippen LogP contribution in [0.1, 0.15) is 13.3 Å². The molecule has 0 heterocycles. The number of esters is 1. The summed E-state index contributed by atoms with van der Waals surface area (Å²) in [6.07, 6.45) is -0.0253. The van der Waals surface area contributed by atoms with Gasteiger partial charge in [-0.25, -0.2) is 0 Å². The molecule has 0 aliphatic heterocycles. The molecule has 23 heavy (non-hydrogen) atoms. The Balaban J connectivity index is 2.68. The maximum Gasteiger partial charge on any atom is 0.313 e. The third-order valence-corrected chi connectivity index (χ3v) is 2.89. The standard InChI is InChI=1S/C15H20N2O6/c1-9(5-13(18)23-4)16-14(19)15(20)17-10-6-11(21-2)8-12(7-10)22-3/h6-9H,5H2,1-4H3,(H,16,19)(H,17,20)/t9-/m0/s1. The Bertz CT molecular complexity index is 565. The van der Waals surface area contributed by atoms with Crippen LogP contribution in [0.3, 0.4) is 0 Å². The Labute approximate surface area is 134 Å². The minimum absolute atomic E-state index is 0.0253. The molecule has 8 heteroatoms. The van der Waals surface area contributed by atoms with E-state index in [-0.39, 0.29) is 6.42 Å². The van der Waals surface area contributed by atoms with Crippen LogP contribution in [0.15, 0.2) is 18.2 Å². The van der Waals surface area contributed by atoms with Crippen LogP contribution in [-0.4, -0.2) is 45.2 Å². The lowest BCUT2D eigenvalue weighted by molar-refractivity contribution is -0.142. The van der Waals surface area contributed by atoms with Crippen LogP contribution in [0, 0.1) is 0 Å². The average Bonchev–Trinajstić information content (AvgIpc) is 2.53. The zero-order valence-corrected chi connectivity index (χ0v) is 13.5. The van der Waals surface area contributed by atoms with Gasteiger partial charge in [0, 0.05) is 29.9 Å². The van der Waals surface area contributed by atoms with Crippen LogP contribution in [-0.2, 0) is 19.1 Å². The lowest BCUT2D eigenvalue weighted by Gasteiger charge is -2.13. The number of ether oxygens (including phenoxy) is 3. The Kier molecular flexibility index (Phi) is 6.85. The van der Waals surface area contributed by atoms with E-state index in [0.29, 0.717) is 17.2 Å². The topological polar surface area (TPSA) is 103 Å². The molecule has 0 aliphatic carbocycles. The van der Waals surface area contributed by atoms with Crippen molar-refractivity contribution in [3.63, 3.8) is 0 Å². The van der Waals surface area contributed by atoms with E-state index in [1.807, 2.05) is 0 Å². The monoisotopic (exact) mass is 324 g/mol. The van der Waals surface area contributed by atoms with Gasteiger partial charge in [-0.3, -0.25) is 14.4 Å². The number of benzene rings is 1. The number of rotatable bonds is 6. The largest absolute Gasteiger partial charge is 0.497 e. The number of nitrogens with one attached hydrogen (secondary N) is 2. The van der Waals surface area contributed by atoms with E-state index in [4.69, 9.17) is 9.47 Å². The lowest BCUT2D eigenvalue weighted by atomic mass is 10.2. The van der Waals surface area contributed by atoms with Crippen molar-refractivity contribution in [2.24, 2.45) is 0 Å². The second-order valence-electron chi connectivity index (χ2n) is 4.71. The van der Waals surface area contributed by atoms with Crippen LogP contribution >= 0.6 is 0 Å². The number of hydrogen-bond donors (Lipinski definition) is 2. The third kappa shape index (κ3) is 5.85. The van der Waals surface area contributed by atoms with Crippen molar-refractivity contribution in [3.8, 4) is 11.5 Å². The van der Waals surface area contributed by atoms with Crippen molar-refractivity contribution in [2.75, 3.05) is 26.6 Å². The fourth-order valence-corrected chi connectivity index (χ4v) is 1.74.